The van der Waals surface area contributed by atoms with Crippen molar-refractivity contribution in [1.82, 2.24) is 4.98 Å². The molecule has 0 bridgehead atoms. The number of fused-ring (bicyclic) bond motifs is 1. The molecule has 0 amide bonds. The Morgan fingerprint density at radius 1 is 1.22 bits per heavy atom. The third-order valence-corrected chi connectivity index (χ3v) is 3.73. The maximum Gasteiger partial charge on any atom is 0.129 e. The first kappa shape index (κ1) is 11.5. The lowest BCUT2D eigenvalue weighted by molar-refractivity contribution is 0.263. The van der Waals surface area contributed by atoms with Crippen LogP contribution in [0.1, 0.15) is 12.8 Å². The Bertz CT molecular complexity index is 541. The van der Waals surface area contributed by atoms with E-state index in [1.54, 1.807) is 0 Å². The summed E-state index contributed by atoms with van der Waals surface area (Å²) in [7, 11) is 0. The zero-order valence-electron chi connectivity index (χ0n) is 10.4. The minimum atomic E-state index is 0.295. The van der Waals surface area contributed by atoms with Crippen LogP contribution in [0.3, 0.4) is 0 Å². The molecule has 3 rings (SSSR count). The van der Waals surface area contributed by atoms with Gasteiger partial charge >= 0.3 is 0 Å². The van der Waals surface area contributed by atoms with E-state index in [1.807, 2.05) is 12.1 Å². The topological polar surface area (TPSA) is 36.4 Å². The molecule has 1 atom stereocenters. The molecule has 0 saturated carbocycles. The fourth-order valence-corrected chi connectivity index (χ4v) is 2.69. The summed E-state index contributed by atoms with van der Waals surface area (Å²) in [5.41, 5.74) is 1.06. The van der Waals surface area contributed by atoms with E-state index in [0.717, 1.165) is 37.3 Å². The van der Waals surface area contributed by atoms with E-state index in [9.17, 15) is 0 Å². The second kappa shape index (κ2) is 4.94. The van der Waals surface area contributed by atoms with Gasteiger partial charge in [-0.2, -0.15) is 0 Å². The van der Waals surface area contributed by atoms with E-state index >= 15 is 0 Å². The first-order valence-corrected chi connectivity index (χ1v) is 6.58. The van der Waals surface area contributed by atoms with E-state index < -0.39 is 0 Å². The van der Waals surface area contributed by atoms with E-state index in [1.165, 1.54) is 5.39 Å². The Hall–Kier alpha value is -1.61. The summed E-state index contributed by atoms with van der Waals surface area (Å²) in [6.07, 6.45) is 2.07. The van der Waals surface area contributed by atoms with Crippen LogP contribution in [0.5, 0.6) is 0 Å². The Labute approximate surface area is 107 Å². The van der Waals surface area contributed by atoms with Crippen LogP contribution in [0.15, 0.2) is 36.4 Å². The monoisotopic (exact) mass is 242 g/mol. The van der Waals surface area contributed by atoms with Gasteiger partial charge in [-0.3, -0.25) is 0 Å². The molecule has 0 spiro atoms. The van der Waals surface area contributed by atoms with Gasteiger partial charge in [0.1, 0.15) is 5.82 Å². The number of rotatable bonds is 3. The molecule has 1 saturated heterocycles. The number of aromatic nitrogens is 1. The number of aliphatic hydroxyl groups excluding tert-OH is 1. The molecule has 3 nitrogen and oxygen atoms in total. The maximum absolute atomic E-state index is 8.99. The zero-order chi connectivity index (χ0) is 12.4. The van der Waals surface area contributed by atoms with Crippen LogP contribution in [0.4, 0.5) is 5.82 Å². The molecular weight excluding hydrogens is 224 g/mol. The molecule has 2 heterocycles. The molecule has 1 aromatic carbocycles. The first-order chi connectivity index (χ1) is 8.86. The second-order valence-corrected chi connectivity index (χ2v) is 4.98. The number of hydrogen-bond donors (Lipinski definition) is 1. The summed E-state index contributed by atoms with van der Waals surface area (Å²) >= 11 is 0. The fourth-order valence-electron chi connectivity index (χ4n) is 2.69. The summed E-state index contributed by atoms with van der Waals surface area (Å²) in [6.45, 7) is 2.37. The van der Waals surface area contributed by atoms with Crippen molar-refractivity contribution in [2.24, 2.45) is 5.92 Å². The maximum atomic E-state index is 8.99. The van der Waals surface area contributed by atoms with Gasteiger partial charge in [0.25, 0.3) is 0 Å². The molecule has 2 aromatic rings. The average Bonchev–Trinajstić information content (AvgIpc) is 2.87. The van der Waals surface area contributed by atoms with E-state index in [2.05, 4.69) is 29.2 Å². The van der Waals surface area contributed by atoms with Gasteiger partial charge in [-0.05, 0) is 37.0 Å². The van der Waals surface area contributed by atoms with Crippen LogP contribution < -0.4 is 4.90 Å². The van der Waals surface area contributed by atoms with Gasteiger partial charge in [0.15, 0.2) is 0 Å². The predicted molar refractivity (Wildman–Crippen MR) is 73.8 cm³/mol. The van der Waals surface area contributed by atoms with Gasteiger partial charge in [0.05, 0.1) is 5.52 Å². The lowest BCUT2D eigenvalue weighted by atomic mass is 10.1. The summed E-state index contributed by atoms with van der Waals surface area (Å²) in [6, 6.07) is 12.4. The number of para-hydroxylation sites is 1. The van der Waals surface area contributed by atoms with E-state index in [-0.39, 0.29) is 0 Å². The highest BCUT2D eigenvalue weighted by atomic mass is 16.3. The van der Waals surface area contributed by atoms with Gasteiger partial charge in [0, 0.05) is 25.1 Å². The van der Waals surface area contributed by atoms with Crippen molar-refractivity contribution < 1.29 is 5.11 Å². The van der Waals surface area contributed by atoms with Gasteiger partial charge < -0.3 is 10.0 Å². The Morgan fingerprint density at radius 2 is 2.11 bits per heavy atom. The minimum Gasteiger partial charge on any atom is -0.396 e. The quantitative estimate of drug-likeness (QED) is 0.898. The van der Waals surface area contributed by atoms with Crippen LogP contribution in [-0.2, 0) is 0 Å². The van der Waals surface area contributed by atoms with Crippen molar-refractivity contribution in [3.63, 3.8) is 0 Å². The number of benzene rings is 1. The molecule has 1 N–H and O–H groups in total. The van der Waals surface area contributed by atoms with E-state index in [4.69, 9.17) is 10.1 Å². The normalized spacial score (nSPS) is 19.6. The third kappa shape index (κ3) is 2.18. The molecule has 1 aliphatic heterocycles. The summed E-state index contributed by atoms with van der Waals surface area (Å²) in [5, 5.41) is 10.2. The highest BCUT2D eigenvalue weighted by molar-refractivity contribution is 5.80. The van der Waals surface area contributed by atoms with Crippen LogP contribution in [0, 0.1) is 5.92 Å². The van der Waals surface area contributed by atoms with Gasteiger partial charge in [-0.25, -0.2) is 4.98 Å². The van der Waals surface area contributed by atoms with Crippen LogP contribution in [-0.4, -0.2) is 29.8 Å². The van der Waals surface area contributed by atoms with Gasteiger partial charge in [0.2, 0.25) is 0 Å². The van der Waals surface area contributed by atoms with Gasteiger partial charge in [-0.1, -0.05) is 18.2 Å². The van der Waals surface area contributed by atoms with Crippen molar-refractivity contribution in [2.75, 3.05) is 24.6 Å². The van der Waals surface area contributed by atoms with Crippen molar-refractivity contribution in [3.05, 3.63) is 36.4 Å². The predicted octanol–water partition coefficient (Wildman–Crippen LogP) is 2.44. The lowest BCUT2D eigenvalue weighted by Gasteiger charge is -2.17. The van der Waals surface area contributed by atoms with E-state index in [0.29, 0.717) is 12.5 Å². The van der Waals surface area contributed by atoms with Crippen LogP contribution in [0.2, 0.25) is 0 Å². The molecule has 1 aliphatic rings. The van der Waals surface area contributed by atoms with Crippen LogP contribution in [0.25, 0.3) is 10.9 Å². The smallest absolute Gasteiger partial charge is 0.129 e. The molecule has 1 aromatic heterocycles. The summed E-state index contributed by atoms with van der Waals surface area (Å²) in [5.74, 6) is 1.68. The molecule has 94 valence electrons. The first-order valence-electron chi connectivity index (χ1n) is 6.58. The van der Waals surface area contributed by atoms with Crippen molar-refractivity contribution in [1.29, 1.82) is 0 Å². The average molecular weight is 242 g/mol. The zero-order valence-corrected chi connectivity index (χ0v) is 10.4. The Kier molecular flexibility index (Phi) is 3.15. The van der Waals surface area contributed by atoms with Crippen molar-refractivity contribution in [3.8, 4) is 0 Å². The van der Waals surface area contributed by atoms with Gasteiger partial charge in [-0.15, -0.1) is 0 Å². The molecule has 3 heteroatoms. The second-order valence-electron chi connectivity index (χ2n) is 4.98. The fraction of sp³-hybridized carbons (Fsp3) is 0.400. The van der Waals surface area contributed by atoms with Crippen LogP contribution >= 0.6 is 0 Å². The number of nitrogens with zero attached hydrogens (tertiary/aromatic N) is 2. The Morgan fingerprint density at radius 3 is 3.00 bits per heavy atom. The highest BCUT2D eigenvalue weighted by Gasteiger charge is 2.22. The highest BCUT2D eigenvalue weighted by Crippen LogP contribution is 2.25. The summed E-state index contributed by atoms with van der Waals surface area (Å²) < 4.78 is 0. The molecule has 0 aliphatic carbocycles. The van der Waals surface area contributed by atoms with Crippen molar-refractivity contribution >= 4 is 16.7 Å². The number of hydrogen-bond acceptors (Lipinski definition) is 3. The SMILES string of the molecule is OCCC1CCN(c2ccc3ccccc3n2)C1. The molecule has 1 fully saturated rings. The molecule has 18 heavy (non-hydrogen) atoms. The number of aliphatic hydroxyl groups is 1. The third-order valence-electron chi connectivity index (χ3n) is 3.73. The molecular formula is C15H18N2O. The number of pyridine rings is 1. The summed E-state index contributed by atoms with van der Waals surface area (Å²) in [4.78, 5) is 7.04. The standard InChI is InChI=1S/C15H18N2O/c18-10-8-12-7-9-17(11-12)15-6-5-13-3-1-2-4-14(13)16-15/h1-6,12,18H,7-11H2. The Balaban J connectivity index is 1.82. The molecule has 1 unspecified atom stereocenters. The largest absolute Gasteiger partial charge is 0.396 e. The minimum absolute atomic E-state index is 0.295. The number of anilines is 1. The van der Waals surface area contributed by atoms with Crippen molar-refractivity contribution in [2.45, 2.75) is 12.8 Å². The lowest BCUT2D eigenvalue weighted by Crippen LogP contribution is -2.20. The molecule has 0 radical (unpaired) electrons.